The molecule has 2 aromatic heterocycles. The molecule has 0 amide bonds. The number of pyridine rings is 1. The molecular weight excluding hydrogens is 286 g/mol. The number of nitrogens with zero attached hydrogens (tertiary/aromatic N) is 2. The van der Waals surface area contributed by atoms with Gasteiger partial charge < -0.3 is 14.9 Å². The molecule has 0 aliphatic heterocycles. The molecule has 2 N–H and O–H groups in total. The highest BCUT2D eigenvalue weighted by Gasteiger charge is 2.12. The number of imidazole rings is 1. The smallest absolute Gasteiger partial charge is 0.137 e. The molecule has 23 heavy (non-hydrogen) atoms. The molecule has 118 valence electrons. The van der Waals surface area contributed by atoms with E-state index >= 15 is 0 Å². The van der Waals surface area contributed by atoms with E-state index in [0.29, 0.717) is 13.2 Å². The fourth-order valence-corrected chi connectivity index (χ4v) is 2.54. The van der Waals surface area contributed by atoms with Crippen LogP contribution in [0.1, 0.15) is 18.2 Å². The summed E-state index contributed by atoms with van der Waals surface area (Å²) in [7, 11) is 0. The van der Waals surface area contributed by atoms with Crippen molar-refractivity contribution in [2.24, 2.45) is 5.73 Å². The maximum absolute atomic E-state index is 5.96. The first-order valence-corrected chi connectivity index (χ1v) is 7.64. The van der Waals surface area contributed by atoms with Crippen molar-refractivity contribution in [2.45, 2.75) is 20.4 Å². The number of rotatable bonds is 5. The Morgan fingerprint density at radius 1 is 1.22 bits per heavy atom. The highest BCUT2D eigenvalue weighted by atomic mass is 16.5. The number of nitrogens with two attached hydrogens (primary N) is 1. The summed E-state index contributed by atoms with van der Waals surface area (Å²) in [5.41, 5.74) is 12.0. The van der Waals surface area contributed by atoms with Gasteiger partial charge in [-0.25, -0.2) is 4.98 Å². The third-order valence-corrected chi connectivity index (χ3v) is 3.67. The zero-order valence-corrected chi connectivity index (χ0v) is 13.5. The van der Waals surface area contributed by atoms with Gasteiger partial charge in [0.1, 0.15) is 18.0 Å². The topological polar surface area (TPSA) is 52.5 Å². The third-order valence-electron chi connectivity index (χ3n) is 3.67. The SMILES string of the molecule is C=C(C)COc1ccc(-c2nc3ccc(C)cn3c2CN)cc1. The number of benzene rings is 1. The third kappa shape index (κ3) is 3.12. The Morgan fingerprint density at radius 3 is 2.61 bits per heavy atom. The molecule has 0 spiro atoms. The fourth-order valence-electron chi connectivity index (χ4n) is 2.54. The number of aryl methyl sites for hydroxylation is 1. The minimum absolute atomic E-state index is 0.438. The van der Waals surface area contributed by atoms with Gasteiger partial charge >= 0.3 is 0 Å². The van der Waals surface area contributed by atoms with Crippen LogP contribution in [0.4, 0.5) is 0 Å². The van der Waals surface area contributed by atoms with Crippen molar-refractivity contribution in [3.05, 3.63) is 66.0 Å². The van der Waals surface area contributed by atoms with Crippen LogP contribution >= 0.6 is 0 Å². The predicted molar refractivity (Wildman–Crippen MR) is 93.6 cm³/mol. The molecule has 0 atom stereocenters. The monoisotopic (exact) mass is 307 g/mol. The summed E-state index contributed by atoms with van der Waals surface area (Å²) in [6.45, 7) is 8.81. The fraction of sp³-hybridized carbons (Fsp3) is 0.211. The Hall–Kier alpha value is -2.59. The number of aromatic nitrogens is 2. The Morgan fingerprint density at radius 2 is 1.96 bits per heavy atom. The van der Waals surface area contributed by atoms with E-state index < -0.39 is 0 Å². The van der Waals surface area contributed by atoms with E-state index in [9.17, 15) is 0 Å². The first-order valence-electron chi connectivity index (χ1n) is 7.64. The van der Waals surface area contributed by atoms with Gasteiger partial charge in [0.25, 0.3) is 0 Å². The standard InChI is InChI=1S/C19H21N3O/c1-13(2)12-23-16-7-5-15(6-8-16)19-17(10-20)22-11-14(3)4-9-18(22)21-19/h4-9,11H,1,10,12,20H2,2-3H3. The molecule has 0 radical (unpaired) electrons. The summed E-state index contributed by atoms with van der Waals surface area (Å²) in [4.78, 5) is 4.73. The molecule has 3 rings (SSSR count). The molecule has 4 heteroatoms. The number of hydrogen-bond acceptors (Lipinski definition) is 3. The van der Waals surface area contributed by atoms with Crippen LogP contribution in [0.3, 0.4) is 0 Å². The molecule has 0 aliphatic carbocycles. The van der Waals surface area contributed by atoms with Crippen molar-refractivity contribution in [2.75, 3.05) is 6.61 Å². The van der Waals surface area contributed by atoms with Crippen molar-refractivity contribution in [3.8, 4) is 17.0 Å². The minimum Gasteiger partial charge on any atom is -0.489 e. The number of hydrogen-bond donors (Lipinski definition) is 1. The van der Waals surface area contributed by atoms with Crippen LogP contribution < -0.4 is 10.5 Å². The Labute approximate surface area is 136 Å². The average Bonchev–Trinajstić information content (AvgIpc) is 2.91. The van der Waals surface area contributed by atoms with E-state index in [1.54, 1.807) is 0 Å². The van der Waals surface area contributed by atoms with Crippen LogP contribution in [0.5, 0.6) is 5.75 Å². The second kappa shape index (κ2) is 6.26. The maximum Gasteiger partial charge on any atom is 0.137 e. The lowest BCUT2D eigenvalue weighted by Gasteiger charge is -2.07. The lowest BCUT2D eigenvalue weighted by Crippen LogP contribution is -2.03. The molecule has 1 aromatic carbocycles. The molecule has 0 bridgehead atoms. The first-order chi connectivity index (χ1) is 11.1. The van der Waals surface area contributed by atoms with E-state index in [1.807, 2.05) is 37.3 Å². The van der Waals surface area contributed by atoms with Gasteiger partial charge in [0.05, 0.1) is 11.4 Å². The predicted octanol–water partition coefficient (Wildman–Crippen LogP) is 3.72. The van der Waals surface area contributed by atoms with Gasteiger partial charge in [0.15, 0.2) is 0 Å². The van der Waals surface area contributed by atoms with Crippen molar-refractivity contribution < 1.29 is 4.74 Å². The largest absolute Gasteiger partial charge is 0.489 e. The van der Waals surface area contributed by atoms with E-state index in [0.717, 1.165) is 33.9 Å². The summed E-state index contributed by atoms with van der Waals surface area (Å²) in [5.74, 6) is 0.825. The molecule has 3 aromatic rings. The van der Waals surface area contributed by atoms with E-state index in [-0.39, 0.29) is 0 Å². The normalized spacial score (nSPS) is 10.9. The lowest BCUT2D eigenvalue weighted by molar-refractivity contribution is 0.353. The van der Waals surface area contributed by atoms with Crippen molar-refractivity contribution in [1.82, 2.24) is 9.38 Å². The molecular formula is C19H21N3O. The molecule has 2 heterocycles. The summed E-state index contributed by atoms with van der Waals surface area (Å²) < 4.78 is 7.71. The van der Waals surface area contributed by atoms with Gasteiger partial charge in [-0.05, 0) is 55.3 Å². The van der Waals surface area contributed by atoms with Crippen LogP contribution in [0.15, 0.2) is 54.7 Å². The minimum atomic E-state index is 0.438. The van der Waals surface area contributed by atoms with Crippen LogP contribution in [0.25, 0.3) is 16.9 Å². The van der Waals surface area contributed by atoms with Crippen molar-refractivity contribution in [3.63, 3.8) is 0 Å². The Bertz CT molecular complexity index is 847. The van der Waals surface area contributed by atoms with Crippen LogP contribution in [-0.2, 0) is 6.54 Å². The zero-order valence-electron chi connectivity index (χ0n) is 13.5. The van der Waals surface area contributed by atoms with Gasteiger partial charge in [-0.2, -0.15) is 0 Å². The Kier molecular flexibility index (Phi) is 4.17. The van der Waals surface area contributed by atoms with E-state index in [1.165, 1.54) is 5.56 Å². The van der Waals surface area contributed by atoms with Crippen LogP contribution in [0.2, 0.25) is 0 Å². The van der Waals surface area contributed by atoms with Crippen molar-refractivity contribution >= 4 is 5.65 Å². The highest BCUT2D eigenvalue weighted by Crippen LogP contribution is 2.26. The summed E-state index contributed by atoms with van der Waals surface area (Å²) >= 11 is 0. The first kappa shape index (κ1) is 15.3. The second-order valence-electron chi connectivity index (χ2n) is 5.82. The molecule has 0 unspecified atom stereocenters. The van der Waals surface area contributed by atoms with Crippen molar-refractivity contribution in [1.29, 1.82) is 0 Å². The van der Waals surface area contributed by atoms with Gasteiger partial charge in [-0.1, -0.05) is 12.6 Å². The van der Waals surface area contributed by atoms with Gasteiger partial charge in [0.2, 0.25) is 0 Å². The van der Waals surface area contributed by atoms with Crippen LogP contribution in [0, 0.1) is 6.92 Å². The van der Waals surface area contributed by atoms with Crippen LogP contribution in [-0.4, -0.2) is 16.0 Å². The van der Waals surface area contributed by atoms with Gasteiger partial charge in [-0.3, -0.25) is 0 Å². The molecule has 0 saturated carbocycles. The van der Waals surface area contributed by atoms with E-state index in [2.05, 4.69) is 30.2 Å². The quantitative estimate of drug-likeness (QED) is 0.731. The molecule has 0 aliphatic rings. The molecule has 0 fully saturated rings. The van der Waals surface area contributed by atoms with Gasteiger partial charge in [0, 0.05) is 18.3 Å². The van der Waals surface area contributed by atoms with E-state index in [4.69, 9.17) is 15.5 Å². The number of fused-ring (bicyclic) bond motifs is 1. The summed E-state index contributed by atoms with van der Waals surface area (Å²) in [6.07, 6.45) is 2.07. The summed E-state index contributed by atoms with van der Waals surface area (Å²) in [5, 5.41) is 0. The number of ether oxygens (including phenoxy) is 1. The summed E-state index contributed by atoms with van der Waals surface area (Å²) in [6, 6.07) is 12.0. The second-order valence-corrected chi connectivity index (χ2v) is 5.82. The zero-order chi connectivity index (χ0) is 16.4. The lowest BCUT2D eigenvalue weighted by atomic mass is 10.1. The Balaban J connectivity index is 1.98. The molecule has 0 saturated heterocycles. The highest BCUT2D eigenvalue weighted by molar-refractivity contribution is 5.67. The molecule has 4 nitrogen and oxygen atoms in total. The average molecular weight is 307 g/mol. The van der Waals surface area contributed by atoms with Gasteiger partial charge in [-0.15, -0.1) is 0 Å². The maximum atomic E-state index is 5.96.